The fourth-order valence-electron chi connectivity index (χ4n) is 1.85. The average Bonchev–Trinajstić information content (AvgIpc) is 2.56. The molecule has 2 aromatic carbocycles. The first kappa shape index (κ1) is 19.5. The molecule has 0 aliphatic rings. The lowest BCUT2D eigenvalue weighted by Crippen LogP contribution is -2.33. The van der Waals surface area contributed by atoms with E-state index in [0.717, 1.165) is 11.3 Å². The lowest BCUT2D eigenvalue weighted by molar-refractivity contribution is -0.115. The van der Waals surface area contributed by atoms with Gasteiger partial charge in [-0.3, -0.25) is 10.1 Å². The lowest BCUT2D eigenvalue weighted by atomic mass is 10.2. The highest BCUT2D eigenvalue weighted by Gasteiger charge is 2.10. The summed E-state index contributed by atoms with van der Waals surface area (Å²) in [6.07, 6.45) is 3.01. The molecule has 4 nitrogen and oxygen atoms in total. The molecule has 2 rings (SSSR count). The Labute approximate surface area is 165 Å². The normalized spacial score (nSPS) is 10.6. The Kier molecular flexibility index (Phi) is 7.08. The van der Waals surface area contributed by atoms with E-state index < -0.39 is 5.91 Å². The number of anilines is 1. The van der Waals surface area contributed by atoms with E-state index in [1.165, 1.54) is 18.2 Å². The van der Waals surface area contributed by atoms with Gasteiger partial charge in [0, 0.05) is 11.1 Å². The molecule has 25 heavy (non-hydrogen) atoms. The van der Waals surface area contributed by atoms with Crippen molar-refractivity contribution in [2.24, 2.45) is 0 Å². The summed E-state index contributed by atoms with van der Waals surface area (Å²) in [6.45, 7) is 0. The van der Waals surface area contributed by atoms with E-state index in [1.54, 1.807) is 25.3 Å². The zero-order chi connectivity index (χ0) is 18.4. The zero-order valence-corrected chi connectivity index (χ0v) is 16.1. The van der Waals surface area contributed by atoms with Crippen LogP contribution in [0.4, 0.5) is 5.69 Å². The van der Waals surface area contributed by atoms with Gasteiger partial charge in [0.2, 0.25) is 5.91 Å². The smallest absolute Gasteiger partial charge is 0.250 e. The molecule has 2 aromatic rings. The molecule has 0 bridgehead atoms. The summed E-state index contributed by atoms with van der Waals surface area (Å²) in [7, 11) is 1.59. The van der Waals surface area contributed by atoms with Crippen molar-refractivity contribution < 1.29 is 9.53 Å². The van der Waals surface area contributed by atoms with Gasteiger partial charge in [0.1, 0.15) is 5.75 Å². The van der Waals surface area contributed by atoms with E-state index in [9.17, 15) is 4.79 Å². The van der Waals surface area contributed by atoms with Crippen LogP contribution in [0.3, 0.4) is 0 Å². The largest absolute Gasteiger partial charge is 0.497 e. The van der Waals surface area contributed by atoms with Gasteiger partial charge < -0.3 is 10.1 Å². The molecule has 0 radical (unpaired) electrons. The molecular weight excluding hydrogens is 403 g/mol. The van der Waals surface area contributed by atoms with Gasteiger partial charge in [-0.25, -0.2) is 0 Å². The summed E-state index contributed by atoms with van der Waals surface area (Å²) < 4.78 is 5.07. The molecule has 0 saturated carbocycles. The number of rotatable bonds is 4. The molecule has 0 heterocycles. The maximum Gasteiger partial charge on any atom is 0.250 e. The van der Waals surface area contributed by atoms with Crippen LogP contribution < -0.4 is 15.4 Å². The molecule has 0 fully saturated rings. The minimum atomic E-state index is -0.394. The SMILES string of the molecule is COc1ccc(/C=C/C(=O)NC(=S)Nc2c(Cl)cc(Cl)cc2Cl)cc1. The van der Waals surface area contributed by atoms with Gasteiger partial charge >= 0.3 is 0 Å². The van der Waals surface area contributed by atoms with Crippen molar-refractivity contribution in [2.75, 3.05) is 12.4 Å². The van der Waals surface area contributed by atoms with E-state index in [2.05, 4.69) is 10.6 Å². The Bertz CT molecular complexity index is 800. The van der Waals surface area contributed by atoms with Crippen LogP contribution in [0.25, 0.3) is 6.08 Å². The summed E-state index contributed by atoms with van der Waals surface area (Å²) in [6, 6.07) is 10.3. The maximum absolute atomic E-state index is 11.9. The third-order valence-corrected chi connectivity index (χ3v) is 4.04. The van der Waals surface area contributed by atoms with Crippen molar-refractivity contribution in [1.29, 1.82) is 0 Å². The summed E-state index contributed by atoms with van der Waals surface area (Å²) in [5, 5.41) is 6.34. The molecule has 0 aliphatic carbocycles. The highest BCUT2D eigenvalue weighted by Crippen LogP contribution is 2.33. The fraction of sp³-hybridized carbons (Fsp3) is 0.0588. The average molecular weight is 416 g/mol. The number of halogens is 3. The Morgan fingerprint density at radius 1 is 1.12 bits per heavy atom. The summed E-state index contributed by atoms with van der Waals surface area (Å²) >= 11 is 23.0. The van der Waals surface area contributed by atoms with Gasteiger partial charge in [0.15, 0.2) is 5.11 Å². The monoisotopic (exact) mass is 414 g/mol. The predicted molar refractivity (Wildman–Crippen MR) is 108 cm³/mol. The minimum Gasteiger partial charge on any atom is -0.497 e. The van der Waals surface area contributed by atoms with Crippen LogP contribution in [-0.2, 0) is 4.79 Å². The van der Waals surface area contributed by atoms with E-state index in [1.807, 2.05) is 12.1 Å². The second-order valence-corrected chi connectivity index (χ2v) is 6.45. The van der Waals surface area contributed by atoms with Crippen LogP contribution in [0.2, 0.25) is 15.1 Å². The molecule has 0 saturated heterocycles. The standard InChI is InChI=1S/C17H13Cl3N2O2S/c1-24-12-5-2-10(3-6-12)4-7-15(23)21-17(25)22-16-13(19)8-11(18)9-14(16)20/h2-9H,1H3,(H2,21,22,23,25)/b7-4+. The number of methoxy groups -OCH3 is 1. The van der Waals surface area contributed by atoms with E-state index in [4.69, 9.17) is 51.8 Å². The number of hydrogen-bond acceptors (Lipinski definition) is 3. The number of carbonyl (C=O) groups excluding carboxylic acids is 1. The molecule has 8 heteroatoms. The molecule has 0 atom stereocenters. The van der Waals surface area contributed by atoms with Crippen LogP contribution >= 0.6 is 47.0 Å². The lowest BCUT2D eigenvalue weighted by Gasteiger charge is -2.11. The quantitative estimate of drug-likeness (QED) is 0.533. The Hall–Kier alpha value is -1.79. The number of benzene rings is 2. The van der Waals surface area contributed by atoms with Crippen molar-refractivity contribution in [3.63, 3.8) is 0 Å². The summed E-state index contributed by atoms with van der Waals surface area (Å²) in [5.41, 5.74) is 1.22. The van der Waals surface area contributed by atoms with Crippen molar-refractivity contribution in [3.05, 3.63) is 63.1 Å². The molecule has 0 aliphatic heterocycles. The summed E-state index contributed by atoms with van der Waals surface area (Å²) in [4.78, 5) is 11.9. The summed E-state index contributed by atoms with van der Waals surface area (Å²) in [5.74, 6) is 0.346. The van der Waals surface area contributed by atoms with Gasteiger partial charge in [-0.2, -0.15) is 0 Å². The van der Waals surface area contributed by atoms with Gasteiger partial charge in [-0.15, -0.1) is 0 Å². The number of thiocarbonyl (C=S) groups is 1. The molecule has 130 valence electrons. The van der Waals surface area contributed by atoms with Crippen LogP contribution in [-0.4, -0.2) is 18.1 Å². The molecular formula is C17H13Cl3N2O2S. The van der Waals surface area contributed by atoms with E-state index in [0.29, 0.717) is 20.8 Å². The number of hydrogen-bond donors (Lipinski definition) is 2. The molecule has 0 unspecified atom stereocenters. The fourth-order valence-corrected chi connectivity index (χ4v) is 2.96. The first-order chi connectivity index (χ1) is 11.9. The minimum absolute atomic E-state index is 0.0653. The van der Waals surface area contributed by atoms with Crippen LogP contribution in [0, 0.1) is 0 Å². The van der Waals surface area contributed by atoms with Crippen molar-refractivity contribution in [3.8, 4) is 5.75 Å². The molecule has 1 amide bonds. The van der Waals surface area contributed by atoms with Crippen molar-refractivity contribution in [1.82, 2.24) is 5.32 Å². The first-order valence-corrected chi connectivity index (χ1v) is 8.52. The third-order valence-electron chi connectivity index (χ3n) is 3.03. The number of ether oxygens (including phenoxy) is 1. The van der Waals surface area contributed by atoms with E-state index in [-0.39, 0.29) is 5.11 Å². The number of carbonyl (C=O) groups is 1. The topological polar surface area (TPSA) is 50.4 Å². The third kappa shape index (κ3) is 5.90. The Morgan fingerprint density at radius 3 is 2.28 bits per heavy atom. The molecule has 0 aromatic heterocycles. The number of amides is 1. The van der Waals surface area contributed by atoms with E-state index >= 15 is 0 Å². The van der Waals surface area contributed by atoms with Crippen LogP contribution in [0.15, 0.2) is 42.5 Å². The van der Waals surface area contributed by atoms with Crippen molar-refractivity contribution in [2.45, 2.75) is 0 Å². The highest BCUT2D eigenvalue weighted by molar-refractivity contribution is 7.80. The molecule has 0 spiro atoms. The number of nitrogens with one attached hydrogen (secondary N) is 2. The Morgan fingerprint density at radius 2 is 1.72 bits per heavy atom. The van der Waals surface area contributed by atoms with Gasteiger partial charge in [0.25, 0.3) is 0 Å². The van der Waals surface area contributed by atoms with Gasteiger partial charge in [0.05, 0.1) is 22.8 Å². The van der Waals surface area contributed by atoms with Crippen LogP contribution in [0.5, 0.6) is 5.75 Å². The molecule has 2 N–H and O–H groups in total. The second kappa shape index (κ2) is 9.06. The maximum atomic E-state index is 11.9. The van der Waals surface area contributed by atoms with Crippen LogP contribution in [0.1, 0.15) is 5.56 Å². The first-order valence-electron chi connectivity index (χ1n) is 6.97. The van der Waals surface area contributed by atoms with Crippen molar-refractivity contribution >= 4 is 69.8 Å². The highest BCUT2D eigenvalue weighted by atomic mass is 35.5. The zero-order valence-electron chi connectivity index (χ0n) is 13.0. The van der Waals surface area contributed by atoms with Gasteiger partial charge in [-0.05, 0) is 48.1 Å². The second-order valence-electron chi connectivity index (χ2n) is 4.79. The predicted octanol–water partition coefficient (Wildman–Crippen LogP) is 5.18. The van der Waals surface area contributed by atoms with Gasteiger partial charge in [-0.1, -0.05) is 46.9 Å². The Balaban J connectivity index is 1.96.